The van der Waals surface area contributed by atoms with Crippen molar-refractivity contribution in [2.75, 3.05) is 25.9 Å². The first-order valence-electron chi connectivity index (χ1n) is 9.42. The van der Waals surface area contributed by atoms with Gasteiger partial charge in [0.25, 0.3) is 0 Å². The summed E-state index contributed by atoms with van der Waals surface area (Å²) in [6.45, 7) is 10.2. The van der Waals surface area contributed by atoms with Crippen LogP contribution in [0.3, 0.4) is 0 Å². The maximum atomic E-state index is 12.0. The van der Waals surface area contributed by atoms with Gasteiger partial charge >= 0.3 is 29.3 Å². The van der Waals surface area contributed by atoms with Gasteiger partial charge in [0.05, 0.1) is 17.4 Å². The van der Waals surface area contributed by atoms with Crippen molar-refractivity contribution >= 4 is 41.1 Å². The Bertz CT molecular complexity index is 651. The van der Waals surface area contributed by atoms with Gasteiger partial charge in [0.1, 0.15) is 6.04 Å². The van der Waals surface area contributed by atoms with E-state index in [1.54, 1.807) is 48.5 Å². The third kappa shape index (κ3) is 12.7. The average Bonchev–Trinajstić information content (AvgIpc) is 2.63. The van der Waals surface area contributed by atoms with Gasteiger partial charge in [0.2, 0.25) is 13.6 Å². The Kier molecular flexibility index (Phi) is 12.0. The molecule has 31 heavy (non-hydrogen) atoms. The van der Waals surface area contributed by atoms with Gasteiger partial charge in [0, 0.05) is 5.75 Å². The summed E-state index contributed by atoms with van der Waals surface area (Å²) in [6, 6.07) is -1.24. The average molecular weight is 466 g/mol. The van der Waals surface area contributed by atoms with Crippen molar-refractivity contribution in [1.29, 1.82) is 0 Å². The number of carbonyl (C=O) groups excluding carboxylic acids is 5. The zero-order valence-electron chi connectivity index (χ0n) is 18.9. The van der Waals surface area contributed by atoms with Gasteiger partial charge in [-0.1, -0.05) is 0 Å². The number of hydrogen-bond donors (Lipinski definition) is 1. The maximum Gasteiger partial charge on any atom is 0.410 e. The molecule has 178 valence electrons. The summed E-state index contributed by atoms with van der Waals surface area (Å²) in [5.41, 5.74) is -1.52. The zero-order valence-corrected chi connectivity index (χ0v) is 19.7. The van der Waals surface area contributed by atoms with E-state index >= 15 is 0 Å². The SMILES string of the molecule is CCOC(=O)[C@H](CSC(=O)OCOC(=O)C(C)(C)C)NC(=O)OCOC(=O)C(C)(C)C. The Hall–Kier alpha value is -2.50. The van der Waals surface area contributed by atoms with Gasteiger partial charge in [-0.15, -0.1) is 0 Å². The largest absolute Gasteiger partial charge is 0.464 e. The number of carbonyl (C=O) groups is 5. The lowest BCUT2D eigenvalue weighted by molar-refractivity contribution is -0.162. The van der Waals surface area contributed by atoms with Crippen molar-refractivity contribution in [3.8, 4) is 0 Å². The molecule has 0 radical (unpaired) electrons. The first-order valence-corrected chi connectivity index (χ1v) is 10.4. The number of ether oxygens (including phenoxy) is 5. The number of amides is 1. The Labute approximate surface area is 185 Å². The van der Waals surface area contributed by atoms with E-state index in [4.69, 9.17) is 23.7 Å². The van der Waals surface area contributed by atoms with Crippen LogP contribution in [0.25, 0.3) is 0 Å². The summed E-state index contributed by atoms with van der Waals surface area (Å²) in [7, 11) is 0. The number of rotatable bonds is 9. The molecule has 1 atom stereocenters. The summed E-state index contributed by atoms with van der Waals surface area (Å²) in [4.78, 5) is 58.9. The van der Waals surface area contributed by atoms with Crippen molar-refractivity contribution in [1.82, 2.24) is 5.32 Å². The molecule has 1 amide bonds. The normalized spacial score (nSPS) is 12.2. The van der Waals surface area contributed by atoms with Crippen LogP contribution in [0.2, 0.25) is 0 Å². The molecule has 0 aromatic heterocycles. The zero-order chi connectivity index (χ0) is 24.2. The van der Waals surface area contributed by atoms with Crippen LogP contribution < -0.4 is 5.32 Å². The molecular formula is C19H31NO10S. The van der Waals surface area contributed by atoms with E-state index in [1.807, 2.05) is 0 Å². The second-order valence-corrected chi connectivity index (χ2v) is 9.14. The Balaban J connectivity index is 4.55. The second kappa shape index (κ2) is 13.0. The predicted molar refractivity (Wildman–Crippen MR) is 110 cm³/mol. The van der Waals surface area contributed by atoms with Crippen LogP contribution in [0.4, 0.5) is 9.59 Å². The lowest BCUT2D eigenvalue weighted by Gasteiger charge is -2.18. The minimum atomic E-state index is -1.24. The first-order chi connectivity index (χ1) is 14.2. The molecule has 0 aliphatic carbocycles. The number of esters is 3. The summed E-state index contributed by atoms with van der Waals surface area (Å²) in [6.07, 6.45) is -1.05. The standard InChI is InChI=1S/C19H31NO10S/c1-8-26-13(21)12(20-16(24)29-10-27-14(22)18(2,3)4)9-31-17(25)30-11-28-15(23)19(5,6)7/h12H,8-11H2,1-7H3,(H,20,24)/t12-/m0/s1. The second-order valence-electron chi connectivity index (χ2n) is 8.19. The van der Waals surface area contributed by atoms with Crippen LogP contribution in [-0.4, -0.2) is 61.3 Å². The van der Waals surface area contributed by atoms with Gasteiger partial charge in [-0.3, -0.25) is 9.59 Å². The van der Waals surface area contributed by atoms with Crippen LogP contribution >= 0.6 is 11.8 Å². The van der Waals surface area contributed by atoms with E-state index in [9.17, 15) is 24.0 Å². The maximum absolute atomic E-state index is 12.0. The highest BCUT2D eigenvalue weighted by Gasteiger charge is 2.27. The van der Waals surface area contributed by atoms with Crippen molar-refractivity contribution in [3.05, 3.63) is 0 Å². The van der Waals surface area contributed by atoms with Gasteiger partial charge in [-0.2, -0.15) is 0 Å². The smallest absolute Gasteiger partial charge is 0.410 e. The molecule has 11 nitrogen and oxygen atoms in total. The highest BCUT2D eigenvalue weighted by Crippen LogP contribution is 2.16. The molecule has 0 saturated carbocycles. The molecular weight excluding hydrogens is 434 g/mol. The van der Waals surface area contributed by atoms with E-state index in [0.717, 1.165) is 0 Å². The molecule has 0 bridgehead atoms. The van der Waals surface area contributed by atoms with E-state index in [1.165, 1.54) is 0 Å². The molecule has 1 N–H and O–H groups in total. The quantitative estimate of drug-likeness (QED) is 0.305. The van der Waals surface area contributed by atoms with Gasteiger partial charge in [-0.25, -0.2) is 14.4 Å². The monoisotopic (exact) mass is 465 g/mol. The molecule has 0 unspecified atom stereocenters. The molecule has 0 rings (SSSR count). The molecule has 0 aliphatic heterocycles. The van der Waals surface area contributed by atoms with Crippen molar-refractivity contribution < 1.29 is 47.7 Å². The lowest BCUT2D eigenvalue weighted by atomic mass is 9.97. The molecule has 0 saturated heterocycles. The van der Waals surface area contributed by atoms with Crippen LogP contribution in [0.15, 0.2) is 0 Å². The molecule has 0 spiro atoms. The lowest BCUT2D eigenvalue weighted by Crippen LogP contribution is -2.44. The molecule has 0 fully saturated rings. The summed E-state index contributed by atoms with van der Waals surface area (Å²) in [5, 5.41) is 1.39. The van der Waals surface area contributed by atoms with Crippen LogP contribution in [0.5, 0.6) is 0 Å². The first kappa shape index (κ1) is 28.5. The fourth-order valence-electron chi connectivity index (χ4n) is 1.49. The molecule has 0 aliphatic rings. The summed E-state index contributed by atoms with van der Waals surface area (Å²) >= 11 is 0.563. The molecule has 12 heteroatoms. The number of alkyl carbamates (subject to hydrolysis) is 1. The highest BCUT2D eigenvalue weighted by atomic mass is 32.2. The Morgan fingerprint density at radius 2 is 1.26 bits per heavy atom. The van der Waals surface area contributed by atoms with Gasteiger partial charge in [-0.05, 0) is 60.2 Å². The van der Waals surface area contributed by atoms with Gasteiger partial charge in [0.15, 0.2) is 0 Å². The summed E-state index contributed by atoms with van der Waals surface area (Å²) in [5.74, 6) is -2.16. The minimum Gasteiger partial charge on any atom is -0.464 e. The van der Waals surface area contributed by atoms with Gasteiger partial charge < -0.3 is 29.0 Å². The van der Waals surface area contributed by atoms with Crippen LogP contribution in [0.1, 0.15) is 48.5 Å². The predicted octanol–water partition coefficient (Wildman–Crippen LogP) is 2.61. The molecule has 0 heterocycles. The van der Waals surface area contributed by atoms with Crippen molar-refractivity contribution in [3.63, 3.8) is 0 Å². The fourth-order valence-corrected chi connectivity index (χ4v) is 2.14. The Morgan fingerprint density at radius 1 is 0.774 bits per heavy atom. The van der Waals surface area contributed by atoms with Crippen LogP contribution in [0, 0.1) is 10.8 Å². The number of hydrogen-bond acceptors (Lipinski definition) is 11. The van der Waals surface area contributed by atoms with Crippen molar-refractivity contribution in [2.45, 2.75) is 54.5 Å². The molecule has 0 aromatic rings. The number of nitrogens with one attached hydrogen (secondary N) is 1. The molecule has 0 aromatic carbocycles. The van der Waals surface area contributed by atoms with E-state index in [-0.39, 0.29) is 12.4 Å². The highest BCUT2D eigenvalue weighted by molar-refractivity contribution is 8.13. The summed E-state index contributed by atoms with van der Waals surface area (Å²) < 4.78 is 23.9. The van der Waals surface area contributed by atoms with E-state index in [0.29, 0.717) is 11.8 Å². The van der Waals surface area contributed by atoms with E-state index in [2.05, 4.69) is 5.32 Å². The topological polar surface area (TPSA) is 144 Å². The van der Waals surface area contributed by atoms with Crippen LogP contribution in [-0.2, 0) is 38.1 Å². The van der Waals surface area contributed by atoms with E-state index < -0.39 is 59.8 Å². The fraction of sp³-hybridized carbons (Fsp3) is 0.737. The van der Waals surface area contributed by atoms with Crippen molar-refractivity contribution in [2.24, 2.45) is 10.8 Å². The Morgan fingerprint density at radius 3 is 1.71 bits per heavy atom. The minimum absolute atomic E-state index is 0.0487. The number of thioether (sulfide) groups is 1. The third-order valence-electron chi connectivity index (χ3n) is 3.20. The third-order valence-corrected chi connectivity index (χ3v) is 4.06.